The van der Waals surface area contributed by atoms with Crippen molar-refractivity contribution in [3.05, 3.63) is 11.6 Å². The summed E-state index contributed by atoms with van der Waals surface area (Å²) in [6.45, 7) is 7.26. The summed E-state index contributed by atoms with van der Waals surface area (Å²) in [5, 5.41) is 0. The molecule has 3 unspecified atom stereocenters. The fourth-order valence-corrected chi connectivity index (χ4v) is 6.10. The first-order valence-electron chi connectivity index (χ1n) is 5.73. The topological polar surface area (TPSA) is 0 Å². The van der Waals surface area contributed by atoms with Gasteiger partial charge >= 0.3 is 0 Å². The van der Waals surface area contributed by atoms with Crippen LogP contribution in [0, 0.1) is 16.7 Å². The SMILES string of the molecule is CC1(C)C=C2CC3(C)CC(Br)(CC23)C1. The van der Waals surface area contributed by atoms with Crippen LogP contribution in [0.5, 0.6) is 0 Å². The summed E-state index contributed by atoms with van der Waals surface area (Å²) in [6.07, 6.45) is 8.04. The zero-order valence-corrected chi connectivity index (χ0v) is 10.9. The fourth-order valence-electron chi connectivity index (χ4n) is 4.41. The van der Waals surface area contributed by atoms with E-state index in [-0.39, 0.29) is 0 Å². The molecule has 78 valence electrons. The Morgan fingerprint density at radius 3 is 2.71 bits per heavy atom. The molecule has 0 saturated heterocycles. The third kappa shape index (κ3) is 1.11. The zero-order chi connectivity index (χ0) is 10.2. The largest absolute Gasteiger partial charge is 0.0853 e. The number of alkyl halides is 1. The Balaban J connectivity index is 2.07. The van der Waals surface area contributed by atoms with Crippen LogP contribution >= 0.6 is 15.9 Å². The van der Waals surface area contributed by atoms with Crippen LogP contribution in [0.15, 0.2) is 11.6 Å². The molecule has 3 rings (SSSR count). The van der Waals surface area contributed by atoms with Crippen molar-refractivity contribution in [3.8, 4) is 0 Å². The van der Waals surface area contributed by atoms with Crippen LogP contribution in [0.25, 0.3) is 0 Å². The molecule has 0 aromatic heterocycles. The molecule has 2 fully saturated rings. The highest BCUT2D eigenvalue weighted by molar-refractivity contribution is 9.10. The lowest BCUT2D eigenvalue weighted by molar-refractivity contribution is 0.158. The molecule has 3 atom stereocenters. The molecule has 0 amide bonds. The number of hydrogen-bond donors (Lipinski definition) is 0. The average molecular weight is 255 g/mol. The number of hydrogen-bond acceptors (Lipinski definition) is 0. The van der Waals surface area contributed by atoms with Crippen molar-refractivity contribution in [2.45, 2.75) is 50.8 Å². The molecule has 0 nitrogen and oxygen atoms in total. The summed E-state index contributed by atoms with van der Waals surface area (Å²) in [4.78, 5) is 0. The monoisotopic (exact) mass is 254 g/mol. The molecule has 0 N–H and O–H groups in total. The van der Waals surface area contributed by atoms with Crippen molar-refractivity contribution in [1.82, 2.24) is 0 Å². The zero-order valence-electron chi connectivity index (χ0n) is 9.36. The van der Waals surface area contributed by atoms with Gasteiger partial charge < -0.3 is 0 Å². The summed E-state index contributed by atoms with van der Waals surface area (Å²) >= 11 is 4.03. The van der Waals surface area contributed by atoms with Gasteiger partial charge in [-0.2, -0.15) is 0 Å². The molecular weight excluding hydrogens is 236 g/mol. The van der Waals surface area contributed by atoms with E-state index in [0.717, 1.165) is 5.92 Å². The molecule has 0 aromatic rings. The lowest BCUT2D eigenvalue weighted by Crippen LogP contribution is -2.37. The highest BCUT2D eigenvalue weighted by Gasteiger charge is 2.60. The second kappa shape index (κ2) is 2.31. The molecular formula is C13H19Br. The van der Waals surface area contributed by atoms with Crippen LogP contribution in [0.2, 0.25) is 0 Å². The van der Waals surface area contributed by atoms with Gasteiger partial charge in [-0.15, -0.1) is 0 Å². The van der Waals surface area contributed by atoms with Crippen LogP contribution in [0.4, 0.5) is 0 Å². The molecule has 0 spiro atoms. The van der Waals surface area contributed by atoms with Gasteiger partial charge in [0.05, 0.1) is 0 Å². The van der Waals surface area contributed by atoms with E-state index in [1.54, 1.807) is 5.57 Å². The van der Waals surface area contributed by atoms with Crippen molar-refractivity contribution in [2.75, 3.05) is 0 Å². The lowest BCUT2D eigenvalue weighted by atomic mass is 9.58. The smallest absolute Gasteiger partial charge is 0.0277 e. The maximum Gasteiger partial charge on any atom is 0.0277 e. The first-order chi connectivity index (χ1) is 6.32. The predicted molar refractivity (Wildman–Crippen MR) is 63.6 cm³/mol. The molecule has 3 aliphatic rings. The Labute approximate surface area is 95.3 Å². The number of rotatable bonds is 0. The normalized spacial score (nSPS) is 53.4. The molecule has 14 heavy (non-hydrogen) atoms. The molecule has 2 bridgehead atoms. The van der Waals surface area contributed by atoms with Crippen LogP contribution in [-0.2, 0) is 0 Å². The maximum absolute atomic E-state index is 4.03. The standard InChI is InChI=1S/C13H19Br/c1-11(2)4-9-5-12(3)8-13(14,7-11)6-10(9)12/h4,10H,5-8H2,1-3H3. The van der Waals surface area contributed by atoms with E-state index in [4.69, 9.17) is 0 Å². The van der Waals surface area contributed by atoms with E-state index in [0.29, 0.717) is 15.2 Å². The van der Waals surface area contributed by atoms with Gasteiger partial charge in [0.15, 0.2) is 0 Å². The van der Waals surface area contributed by atoms with Gasteiger partial charge in [0.2, 0.25) is 0 Å². The van der Waals surface area contributed by atoms with Gasteiger partial charge in [0.25, 0.3) is 0 Å². The molecule has 2 saturated carbocycles. The van der Waals surface area contributed by atoms with Crippen LogP contribution in [0.1, 0.15) is 46.5 Å². The highest BCUT2D eigenvalue weighted by Crippen LogP contribution is 2.69. The number of fused-ring (bicyclic) bond motifs is 1. The van der Waals surface area contributed by atoms with Crippen molar-refractivity contribution in [1.29, 1.82) is 0 Å². The van der Waals surface area contributed by atoms with Crippen LogP contribution < -0.4 is 0 Å². The molecule has 1 heteroatoms. The van der Waals surface area contributed by atoms with E-state index in [1.807, 2.05) is 0 Å². The van der Waals surface area contributed by atoms with Gasteiger partial charge in [-0.1, -0.05) is 48.4 Å². The molecule has 3 aliphatic carbocycles. The van der Waals surface area contributed by atoms with Crippen molar-refractivity contribution >= 4 is 15.9 Å². The van der Waals surface area contributed by atoms with Crippen LogP contribution in [-0.4, -0.2) is 4.32 Å². The minimum Gasteiger partial charge on any atom is -0.0853 e. The van der Waals surface area contributed by atoms with E-state index in [2.05, 4.69) is 42.8 Å². The quantitative estimate of drug-likeness (QED) is 0.447. The minimum absolute atomic E-state index is 0.412. The maximum atomic E-state index is 4.03. The Bertz CT molecular complexity index is 328. The molecule has 0 aromatic carbocycles. The Morgan fingerprint density at radius 1 is 1.29 bits per heavy atom. The molecule has 0 radical (unpaired) electrons. The first kappa shape index (κ1) is 9.45. The third-order valence-corrected chi connectivity index (χ3v) is 5.42. The summed E-state index contributed by atoms with van der Waals surface area (Å²) < 4.78 is 0.449. The summed E-state index contributed by atoms with van der Waals surface area (Å²) in [7, 11) is 0. The van der Waals surface area contributed by atoms with E-state index in [1.165, 1.54) is 25.7 Å². The average Bonchev–Trinajstić information content (AvgIpc) is 2.08. The van der Waals surface area contributed by atoms with E-state index >= 15 is 0 Å². The Morgan fingerprint density at radius 2 is 2.00 bits per heavy atom. The summed E-state index contributed by atoms with van der Waals surface area (Å²) in [5.41, 5.74) is 2.82. The van der Waals surface area contributed by atoms with Crippen molar-refractivity contribution < 1.29 is 0 Å². The van der Waals surface area contributed by atoms with Gasteiger partial charge in [-0.3, -0.25) is 0 Å². The summed E-state index contributed by atoms with van der Waals surface area (Å²) in [5.74, 6) is 0.906. The Kier molecular flexibility index (Phi) is 1.56. The van der Waals surface area contributed by atoms with Gasteiger partial charge in [0.1, 0.15) is 0 Å². The fraction of sp³-hybridized carbons (Fsp3) is 0.846. The highest BCUT2D eigenvalue weighted by atomic mass is 79.9. The van der Waals surface area contributed by atoms with Crippen molar-refractivity contribution in [2.24, 2.45) is 16.7 Å². The molecule has 0 aliphatic heterocycles. The van der Waals surface area contributed by atoms with Gasteiger partial charge in [0, 0.05) is 4.32 Å². The predicted octanol–water partition coefficient (Wildman–Crippen LogP) is 4.30. The first-order valence-corrected chi connectivity index (χ1v) is 6.52. The Hall–Kier alpha value is 0.220. The second-order valence-electron chi connectivity index (χ2n) is 6.80. The number of allylic oxidation sites excluding steroid dienone is 2. The van der Waals surface area contributed by atoms with Gasteiger partial charge in [-0.05, 0) is 42.4 Å². The van der Waals surface area contributed by atoms with Crippen LogP contribution in [0.3, 0.4) is 0 Å². The second-order valence-corrected chi connectivity index (χ2v) is 8.48. The third-order valence-electron chi connectivity index (χ3n) is 4.54. The summed E-state index contributed by atoms with van der Waals surface area (Å²) in [6, 6.07) is 0. The van der Waals surface area contributed by atoms with E-state index in [9.17, 15) is 0 Å². The number of halogens is 1. The van der Waals surface area contributed by atoms with Gasteiger partial charge in [-0.25, -0.2) is 0 Å². The lowest BCUT2D eigenvalue weighted by Gasteiger charge is -2.47. The van der Waals surface area contributed by atoms with Crippen molar-refractivity contribution in [3.63, 3.8) is 0 Å². The minimum atomic E-state index is 0.412. The van der Waals surface area contributed by atoms with E-state index < -0.39 is 0 Å². The molecule has 0 heterocycles.